The lowest BCUT2D eigenvalue weighted by atomic mass is 10.2. The van der Waals surface area contributed by atoms with Crippen molar-refractivity contribution in [3.8, 4) is 5.69 Å². The van der Waals surface area contributed by atoms with Gasteiger partial charge < -0.3 is 14.9 Å². The molecule has 0 radical (unpaired) electrons. The Morgan fingerprint density at radius 3 is 2.73 bits per heavy atom. The average molecular weight is 554 g/mol. The summed E-state index contributed by atoms with van der Waals surface area (Å²) < 4.78 is 30.8. The van der Waals surface area contributed by atoms with Crippen LogP contribution < -0.4 is 5.32 Å². The molecular weight excluding hydrogens is 536 g/mol. The third-order valence-electron chi connectivity index (χ3n) is 4.71. The second kappa shape index (κ2) is 9.16. The van der Waals surface area contributed by atoms with Crippen molar-refractivity contribution in [2.75, 3.05) is 12.9 Å². The first kappa shape index (κ1) is 23.3. The molecule has 1 N–H and O–H groups in total. The Morgan fingerprint density at radius 1 is 1.27 bits per heavy atom. The molecule has 0 bridgehead atoms. The highest BCUT2D eigenvalue weighted by Crippen LogP contribution is 2.31. The molecule has 9 nitrogen and oxygen atoms in total. The van der Waals surface area contributed by atoms with Crippen LogP contribution in [0.15, 0.2) is 63.1 Å². The van der Waals surface area contributed by atoms with E-state index in [1.54, 1.807) is 43.3 Å². The minimum Gasteiger partial charge on any atom is -0.461 e. The summed E-state index contributed by atoms with van der Waals surface area (Å²) in [5.74, 6) is -0.354. The van der Waals surface area contributed by atoms with Gasteiger partial charge in [0.2, 0.25) is 6.23 Å². The fourth-order valence-corrected chi connectivity index (χ4v) is 4.67. The molecule has 3 aromatic rings. The van der Waals surface area contributed by atoms with Gasteiger partial charge >= 0.3 is 5.97 Å². The Labute approximate surface area is 203 Å². The van der Waals surface area contributed by atoms with Gasteiger partial charge in [0.1, 0.15) is 5.69 Å². The predicted molar refractivity (Wildman–Crippen MR) is 125 cm³/mol. The van der Waals surface area contributed by atoms with Gasteiger partial charge in [0, 0.05) is 11.8 Å². The van der Waals surface area contributed by atoms with E-state index >= 15 is 0 Å². The maximum absolute atomic E-state index is 12.5. The molecule has 1 unspecified atom stereocenters. The van der Waals surface area contributed by atoms with Gasteiger partial charge in [-0.25, -0.2) is 17.9 Å². The van der Waals surface area contributed by atoms with Crippen molar-refractivity contribution in [2.45, 2.75) is 18.0 Å². The molecule has 0 saturated heterocycles. The van der Waals surface area contributed by atoms with E-state index in [9.17, 15) is 13.2 Å². The minimum atomic E-state index is -3.39. The molecule has 0 saturated carbocycles. The third kappa shape index (κ3) is 4.61. The summed E-state index contributed by atoms with van der Waals surface area (Å²) in [5, 5.41) is 12.0. The van der Waals surface area contributed by atoms with E-state index in [4.69, 9.17) is 21.2 Å². The fourth-order valence-electron chi connectivity index (χ4n) is 3.18. The summed E-state index contributed by atoms with van der Waals surface area (Å²) >= 11 is 9.82. The van der Waals surface area contributed by atoms with Crippen molar-refractivity contribution < 1.29 is 22.8 Å². The van der Waals surface area contributed by atoms with Crippen LogP contribution >= 0.6 is 27.5 Å². The highest BCUT2D eigenvalue weighted by Gasteiger charge is 2.32. The van der Waals surface area contributed by atoms with Gasteiger partial charge in [-0.05, 0) is 47.1 Å². The lowest BCUT2D eigenvalue weighted by molar-refractivity contribution is 0.0518. The molecule has 2 aromatic carbocycles. The number of sulfone groups is 1. The van der Waals surface area contributed by atoms with Crippen LogP contribution in [0.1, 0.15) is 34.9 Å². The topological polar surface area (TPSA) is 112 Å². The number of ether oxygens (including phenoxy) is 1. The number of amidine groups is 1. The standard InChI is InChI=1S/C21H18BrClN4O5S/c1-3-31-21(28)17-16(22)18(27(25-17)15-10-5-4-9-14(15)23)19-24-20(32-26-19)12-7-6-8-13(11-12)33(2,29)30/h4-11,20H,3H2,1-2H3,(H,24,26). The average Bonchev–Trinajstić information content (AvgIpc) is 3.38. The molecular formula is C21H18BrClN4O5S. The molecule has 0 fully saturated rings. The number of carbonyl (C=O) groups is 1. The van der Waals surface area contributed by atoms with Gasteiger partial charge in [-0.1, -0.05) is 41.0 Å². The number of hydrogen-bond acceptors (Lipinski definition) is 8. The molecule has 0 spiro atoms. The van der Waals surface area contributed by atoms with Crippen molar-refractivity contribution in [1.29, 1.82) is 0 Å². The van der Waals surface area contributed by atoms with Crippen molar-refractivity contribution in [2.24, 2.45) is 5.16 Å². The Morgan fingerprint density at radius 2 is 2.03 bits per heavy atom. The predicted octanol–water partition coefficient (Wildman–Crippen LogP) is 3.85. The summed E-state index contributed by atoms with van der Waals surface area (Å²) in [7, 11) is -3.39. The first-order chi connectivity index (χ1) is 15.7. The number of nitrogens with one attached hydrogen (secondary N) is 1. The van der Waals surface area contributed by atoms with Crippen LogP contribution in [0.4, 0.5) is 0 Å². The highest BCUT2D eigenvalue weighted by molar-refractivity contribution is 9.10. The Hall–Kier alpha value is -2.89. The van der Waals surface area contributed by atoms with Crippen molar-refractivity contribution in [3.63, 3.8) is 0 Å². The highest BCUT2D eigenvalue weighted by atomic mass is 79.9. The van der Waals surface area contributed by atoms with Gasteiger partial charge in [-0.3, -0.25) is 0 Å². The van der Waals surface area contributed by atoms with Crippen LogP contribution in [0.5, 0.6) is 0 Å². The molecule has 2 heterocycles. The number of rotatable bonds is 6. The Bertz CT molecular complexity index is 1370. The van der Waals surface area contributed by atoms with Gasteiger partial charge in [0.25, 0.3) is 0 Å². The van der Waals surface area contributed by atoms with Crippen molar-refractivity contribution in [1.82, 2.24) is 15.1 Å². The molecule has 1 aliphatic rings. The number of benzene rings is 2. The monoisotopic (exact) mass is 552 g/mol. The Balaban J connectivity index is 1.75. The zero-order valence-corrected chi connectivity index (χ0v) is 20.6. The SMILES string of the molecule is CCOC(=O)c1nn(-c2ccccc2Cl)c(C2=NOC(c3cccc(S(C)(=O)=O)c3)N2)c1Br. The van der Waals surface area contributed by atoms with Gasteiger partial charge in [-0.15, -0.1) is 0 Å². The zero-order valence-electron chi connectivity index (χ0n) is 17.5. The molecule has 12 heteroatoms. The normalized spacial score (nSPS) is 15.5. The lowest BCUT2D eigenvalue weighted by Crippen LogP contribution is -2.26. The number of para-hydroxylation sites is 1. The number of aromatic nitrogens is 2. The van der Waals surface area contributed by atoms with Gasteiger partial charge in [0.05, 0.1) is 26.7 Å². The number of halogens is 2. The van der Waals surface area contributed by atoms with Crippen LogP contribution in [-0.2, 0) is 19.4 Å². The molecule has 172 valence electrons. The molecule has 1 aliphatic heterocycles. The molecule has 1 atom stereocenters. The second-order valence-corrected chi connectivity index (χ2v) is 10.2. The van der Waals surface area contributed by atoms with Crippen LogP contribution in [-0.4, -0.2) is 42.9 Å². The van der Waals surface area contributed by atoms with Crippen molar-refractivity contribution >= 4 is 49.2 Å². The summed E-state index contributed by atoms with van der Waals surface area (Å²) in [6.07, 6.45) is 0.377. The summed E-state index contributed by atoms with van der Waals surface area (Å²) in [6.45, 7) is 1.88. The molecule has 0 amide bonds. The van der Waals surface area contributed by atoms with E-state index in [2.05, 4.69) is 31.5 Å². The molecule has 33 heavy (non-hydrogen) atoms. The maximum Gasteiger partial charge on any atom is 0.360 e. The van der Waals surface area contributed by atoms with E-state index in [-0.39, 0.29) is 23.0 Å². The summed E-state index contributed by atoms with van der Waals surface area (Å²) in [4.78, 5) is 18.2. The van der Waals surface area contributed by atoms with Crippen molar-refractivity contribution in [3.05, 3.63) is 75.0 Å². The minimum absolute atomic E-state index is 0.0405. The number of oxime groups is 1. The van der Waals surface area contributed by atoms with Crippen LogP contribution in [0.25, 0.3) is 5.69 Å². The number of carbonyl (C=O) groups excluding carboxylic acids is 1. The summed E-state index contributed by atoms with van der Waals surface area (Å²) in [5.41, 5.74) is 1.49. The largest absolute Gasteiger partial charge is 0.461 e. The zero-order chi connectivity index (χ0) is 23.8. The Kier molecular flexibility index (Phi) is 6.46. The summed E-state index contributed by atoms with van der Waals surface area (Å²) in [6, 6.07) is 13.3. The fraction of sp³-hybridized carbons (Fsp3) is 0.190. The quantitative estimate of drug-likeness (QED) is 0.462. The molecule has 1 aromatic heterocycles. The van der Waals surface area contributed by atoms with E-state index in [1.165, 1.54) is 16.8 Å². The smallest absolute Gasteiger partial charge is 0.360 e. The van der Waals surface area contributed by atoms with E-state index in [1.807, 2.05) is 0 Å². The van der Waals surface area contributed by atoms with E-state index in [0.717, 1.165) is 6.26 Å². The first-order valence-electron chi connectivity index (χ1n) is 9.72. The lowest BCUT2D eigenvalue weighted by Gasteiger charge is -2.12. The first-order valence-corrected chi connectivity index (χ1v) is 12.8. The van der Waals surface area contributed by atoms with Gasteiger partial charge in [0.15, 0.2) is 21.4 Å². The maximum atomic E-state index is 12.5. The van der Waals surface area contributed by atoms with Crippen LogP contribution in [0, 0.1) is 0 Å². The second-order valence-electron chi connectivity index (χ2n) is 7.01. The molecule has 0 aliphatic carbocycles. The van der Waals surface area contributed by atoms with E-state index in [0.29, 0.717) is 26.4 Å². The van der Waals surface area contributed by atoms with E-state index < -0.39 is 22.0 Å². The number of esters is 1. The number of hydrogen-bond donors (Lipinski definition) is 1. The number of nitrogens with zero attached hydrogens (tertiary/aromatic N) is 3. The van der Waals surface area contributed by atoms with Gasteiger partial charge in [-0.2, -0.15) is 5.10 Å². The third-order valence-corrected chi connectivity index (χ3v) is 6.89. The van der Waals surface area contributed by atoms with Crippen LogP contribution in [0.2, 0.25) is 5.02 Å². The molecule has 4 rings (SSSR count). The van der Waals surface area contributed by atoms with Crippen LogP contribution in [0.3, 0.4) is 0 Å².